The molecule has 0 unspecified atom stereocenters. The number of aliphatic carboxylic acids is 1. The molecule has 1 aliphatic rings. The summed E-state index contributed by atoms with van der Waals surface area (Å²) in [6.45, 7) is 0. The first-order valence-electron chi connectivity index (χ1n) is 5.01. The van der Waals surface area contributed by atoms with Crippen molar-refractivity contribution in [2.75, 3.05) is 7.11 Å². The SMILES string of the molecule is COC(=O)[C@]1(C(=O)O)CCCc2ccoc21. The molecule has 0 bridgehead atoms. The maximum atomic E-state index is 11.7. The highest BCUT2D eigenvalue weighted by molar-refractivity contribution is 6.05. The number of carboxylic acid groups (broad SMARTS) is 1. The molecule has 5 heteroatoms. The second kappa shape index (κ2) is 3.66. The second-order valence-electron chi connectivity index (χ2n) is 3.83. The molecule has 0 spiro atoms. The number of carbonyl (C=O) groups is 2. The predicted molar refractivity (Wildman–Crippen MR) is 53.0 cm³/mol. The Morgan fingerprint density at radius 1 is 1.56 bits per heavy atom. The molecular weight excluding hydrogens is 212 g/mol. The molecule has 0 saturated carbocycles. The Kier molecular flexibility index (Phi) is 2.46. The van der Waals surface area contributed by atoms with E-state index in [1.165, 1.54) is 13.4 Å². The predicted octanol–water partition coefficient (Wildman–Crippen LogP) is 1.11. The summed E-state index contributed by atoms with van der Waals surface area (Å²) in [4.78, 5) is 23.1. The van der Waals surface area contributed by atoms with Crippen molar-refractivity contribution in [3.8, 4) is 0 Å². The van der Waals surface area contributed by atoms with E-state index in [1.807, 2.05) is 0 Å². The van der Waals surface area contributed by atoms with Gasteiger partial charge in [0.25, 0.3) is 0 Å². The lowest BCUT2D eigenvalue weighted by Gasteiger charge is -2.28. The Balaban J connectivity index is 2.59. The molecule has 5 nitrogen and oxygen atoms in total. The summed E-state index contributed by atoms with van der Waals surface area (Å²) in [5, 5.41) is 9.29. The van der Waals surface area contributed by atoms with Gasteiger partial charge in [0.05, 0.1) is 13.4 Å². The van der Waals surface area contributed by atoms with Crippen LogP contribution in [0.3, 0.4) is 0 Å². The van der Waals surface area contributed by atoms with Gasteiger partial charge in [-0.15, -0.1) is 0 Å². The van der Waals surface area contributed by atoms with Crippen LogP contribution in [0.1, 0.15) is 24.2 Å². The fourth-order valence-electron chi connectivity index (χ4n) is 2.23. The standard InChI is InChI=1S/C11H12O5/c1-15-10(14)11(9(12)13)5-2-3-7-4-6-16-8(7)11/h4,6H,2-3,5H2,1H3,(H,12,13)/t11-/m1/s1. The molecule has 1 N–H and O–H groups in total. The van der Waals surface area contributed by atoms with Crippen LogP contribution in [0.15, 0.2) is 16.7 Å². The molecule has 0 amide bonds. The average molecular weight is 224 g/mol. The highest BCUT2D eigenvalue weighted by Crippen LogP contribution is 2.39. The smallest absolute Gasteiger partial charge is 0.331 e. The quantitative estimate of drug-likeness (QED) is 0.601. The van der Waals surface area contributed by atoms with Crippen molar-refractivity contribution in [3.63, 3.8) is 0 Å². The Bertz CT molecular complexity index is 433. The molecule has 0 aliphatic heterocycles. The van der Waals surface area contributed by atoms with Crippen LogP contribution in [0.4, 0.5) is 0 Å². The van der Waals surface area contributed by atoms with Crippen molar-refractivity contribution in [1.29, 1.82) is 0 Å². The van der Waals surface area contributed by atoms with E-state index in [1.54, 1.807) is 6.07 Å². The van der Waals surface area contributed by atoms with Gasteiger partial charge in [0.2, 0.25) is 5.41 Å². The van der Waals surface area contributed by atoms with E-state index in [2.05, 4.69) is 4.74 Å². The number of rotatable bonds is 2. The number of furan rings is 1. The molecule has 1 aromatic heterocycles. The van der Waals surface area contributed by atoms with Crippen LogP contribution < -0.4 is 0 Å². The molecule has 1 atom stereocenters. The van der Waals surface area contributed by atoms with Gasteiger partial charge in [-0.25, -0.2) is 0 Å². The van der Waals surface area contributed by atoms with Crippen LogP contribution in [0.25, 0.3) is 0 Å². The third-order valence-corrected chi connectivity index (χ3v) is 3.03. The number of esters is 1. The van der Waals surface area contributed by atoms with Gasteiger partial charge in [-0.3, -0.25) is 9.59 Å². The maximum absolute atomic E-state index is 11.7. The first kappa shape index (κ1) is 10.7. The molecule has 16 heavy (non-hydrogen) atoms. The number of fused-ring (bicyclic) bond motifs is 1. The van der Waals surface area contributed by atoms with Crippen LogP contribution in [0.2, 0.25) is 0 Å². The molecule has 0 radical (unpaired) electrons. The van der Waals surface area contributed by atoms with Gasteiger partial charge in [0.1, 0.15) is 5.76 Å². The zero-order valence-electron chi connectivity index (χ0n) is 8.86. The van der Waals surface area contributed by atoms with Gasteiger partial charge in [-0.1, -0.05) is 0 Å². The summed E-state index contributed by atoms with van der Waals surface area (Å²) in [7, 11) is 1.18. The molecule has 0 saturated heterocycles. The van der Waals surface area contributed by atoms with Crippen LogP contribution in [0, 0.1) is 0 Å². The van der Waals surface area contributed by atoms with Crippen LogP contribution in [0.5, 0.6) is 0 Å². The topological polar surface area (TPSA) is 76.7 Å². The highest BCUT2D eigenvalue weighted by atomic mass is 16.5. The summed E-state index contributed by atoms with van der Waals surface area (Å²) in [5.41, 5.74) is -0.884. The van der Waals surface area contributed by atoms with Crippen molar-refractivity contribution in [2.24, 2.45) is 0 Å². The zero-order valence-corrected chi connectivity index (χ0v) is 8.86. The number of hydrogen-bond acceptors (Lipinski definition) is 4. The Labute approximate surface area is 92.0 Å². The van der Waals surface area contributed by atoms with E-state index in [-0.39, 0.29) is 12.2 Å². The molecular formula is C11H12O5. The van der Waals surface area contributed by atoms with Crippen LogP contribution in [-0.2, 0) is 26.2 Å². The third kappa shape index (κ3) is 1.24. The van der Waals surface area contributed by atoms with E-state index in [0.29, 0.717) is 6.42 Å². The average Bonchev–Trinajstić information content (AvgIpc) is 2.75. The lowest BCUT2D eigenvalue weighted by Crippen LogP contribution is -2.46. The van der Waals surface area contributed by atoms with Crippen molar-refractivity contribution in [3.05, 3.63) is 23.7 Å². The second-order valence-corrected chi connectivity index (χ2v) is 3.83. The van der Waals surface area contributed by atoms with Crippen molar-refractivity contribution in [2.45, 2.75) is 24.7 Å². The molecule has 1 aromatic rings. The summed E-state index contributed by atoms with van der Waals surface area (Å²) >= 11 is 0. The van der Waals surface area contributed by atoms with Crippen LogP contribution >= 0.6 is 0 Å². The normalized spacial score (nSPS) is 23.6. The van der Waals surface area contributed by atoms with E-state index in [0.717, 1.165) is 12.0 Å². The summed E-state index contributed by atoms with van der Waals surface area (Å²) in [6.07, 6.45) is 3.00. The highest BCUT2D eigenvalue weighted by Gasteiger charge is 2.54. The van der Waals surface area contributed by atoms with Gasteiger partial charge in [-0.2, -0.15) is 0 Å². The van der Waals surface area contributed by atoms with Gasteiger partial charge < -0.3 is 14.3 Å². The number of methoxy groups -OCH3 is 1. The minimum atomic E-state index is -1.66. The number of aryl methyl sites for hydroxylation is 1. The van der Waals surface area contributed by atoms with Gasteiger partial charge in [0, 0.05) is 0 Å². The largest absolute Gasteiger partial charge is 0.480 e. The minimum Gasteiger partial charge on any atom is -0.480 e. The fraction of sp³-hybridized carbons (Fsp3) is 0.455. The van der Waals surface area contributed by atoms with E-state index in [4.69, 9.17) is 4.42 Å². The van der Waals surface area contributed by atoms with Gasteiger partial charge >= 0.3 is 11.9 Å². The van der Waals surface area contributed by atoms with E-state index >= 15 is 0 Å². The number of carboxylic acids is 1. The van der Waals surface area contributed by atoms with Crippen molar-refractivity contribution < 1.29 is 23.8 Å². The van der Waals surface area contributed by atoms with E-state index in [9.17, 15) is 14.7 Å². The Morgan fingerprint density at radius 2 is 2.31 bits per heavy atom. The molecule has 0 aromatic carbocycles. The molecule has 86 valence electrons. The van der Waals surface area contributed by atoms with E-state index < -0.39 is 17.4 Å². The Morgan fingerprint density at radius 3 is 2.94 bits per heavy atom. The summed E-state index contributed by atoms with van der Waals surface area (Å²) < 4.78 is 9.78. The third-order valence-electron chi connectivity index (χ3n) is 3.03. The molecule has 1 aliphatic carbocycles. The fourth-order valence-corrected chi connectivity index (χ4v) is 2.23. The lowest BCUT2D eigenvalue weighted by atomic mass is 9.74. The first-order chi connectivity index (χ1) is 7.63. The monoisotopic (exact) mass is 224 g/mol. The van der Waals surface area contributed by atoms with Gasteiger partial charge in [0.15, 0.2) is 0 Å². The number of hydrogen-bond donors (Lipinski definition) is 1. The summed E-state index contributed by atoms with van der Waals surface area (Å²) in [5.74, 6) is -1.76. The molecule has 0 fully saturated rings. The number of ether oxygens (including phenoxy) is 1. The number of carbonyl (C=O) groups excluding carboxylic acids is 1. The molecule has 2 rings (SSSR count). The van der Waals surface area contributed by atoms with Crippen LogP contribution in [-0.4, -0.2) is 24.2 Å². The Hall–Kier alpha value is -1.78. The van der Waals surface area contributed by atoms with Crippen molar-refractivity contribution in [1.82, 2.24) is 0 Å². The van der Waals surface area contributed by atoms with Crippen molar-refractivity contribution >= 4 is 11.9 Å². The maximum Gasteiger partial charge on any atom is 0.331 e. The summed E-state index contributed by atoms with van der Waals surface area (Å²) in [6, 6.07) is 1.70. The minimum absolute atomic E-state index is 0.218. The van der Waals surface area contributed by atoms with Gasteiger partial charge in [-0.05, 0) is 30.9 Å². The zero-order chi connectivity index (χ0) is 11.8. The lowest BCUT2D eigenvalue weighted by molar-refractivity contribution is -0.161. The first-order valence-corrected chi connectivity index (χ1v) is 5.01. The molecule has 1 heterocycles.